The molecule has 0 aliphatic heterocycles. The normalized spacial score (nSPS) is 18.5. The van der Waals surface area contributed by atoms with Gasteiger partial charge in [-0.15, -0.1) is 0 Å². The highest BCUT2D eigenvalue weighted by molar-refractivity contribution is 5.63. The van der Waals surface area contributed by atoms with Gasteiger partial charge < -0.3 is 5.73 Å². The van der Waals surface area contributed by atoms with Gasteiger partial charge in [0.05, 0.1) is 17.6 Å². The van der Waals surface area contributed by atoms with Crippen LogP contribution in [0.4, 0.5) is 5.82 Å². The summed E-state index contributed by atoms with van der Waals surface area (Å²) in [5, 5.41) is 0. The Morgan fingerprint density at radius 3 is 2.38 bits per heavy atom. The lowest BCUT2D eigenvalue weighted by atomic mass is 10.2. The summed E-state index contributed by atoms with van der Waals surface area (Å²) in [5.74, 6) is 0.446. The fourth-order valence-corrected chi connectivity index (χ4v) is 1.10. The van der Waals surface area contributed by atoms with E-state index in [2.05, 4.69) is 9.97 Å². The lowest BCUT2D eigenvalue weighted by Crippen LogP contribution is -1.97. The second-order valence-corrected chi connectivity index (χ2v) is 2.67. The zero-order valence-corrected chi connectivity index (χ0v) is 7.01. The van der Waals surface area contributed by atoms with Gasteiger partial charge >= 0.3 is 0 Å². The standard InChI is InChI=1S/C10H9N3/c11-10-7-12-8-5-3-1-2-4-6-9(8)13-10/h1-7H,(H2,11,13)/b2-1-,3-1?,4-2?,5-3?,6-4-,8-5?,9-6?. The van der Waals surface area contributed by atoms with Crippen LogP contribution >= 0.6 is 0 Å². The Balaban J connectivity index is 2.56. The predicted molar refractivity (Wildman–Crippen MR) is 53.7 cm³/mol. The second-order valence-electron chi connectivity index (χ2n) is 2.67. The van der Waals surface area contributed by atoms with Crippen molar-refractivity contribution in [2.24, 2.45) is 0 Å². The molecule has 13 heavy (non-hydrogen) atoms. The smallest absolute Gasteiger partial charge is 0.142 e. The molecular weight excluding hydrogens is 162 g/mol. The first-order valence-corrected chi connectivity index (χ1v) is 4.00. The van der Waals surface area contributed by atoms with Gasteiger partial charge in [0.15, 0.2) is 0 Å². The topological polar surface area (TPSA) is 51.8 Å². The summed E-state index contributed by atoms with van der Waals surface area (Å²) in [6, 6.07) is 0. The number of nitrogens with zero attached hydrogens (tertiary/aromatic N) is 2. The molecule has 2 rings (SSSR count). The monoisotopic (exact) mass is 171 g/mol. The molecule has 1 aromatic heterocycles. The molecule has 64 valence electrons. The number of nitrogens with two attached hydrogens (primary N) is 1. The first-order chi connectivity index (χ1) is 6.36. The molecule has 1 aliphatic rings. The minimum Gasteiger partial charge on any atom is -0.382 e. The van der Waals surface area contributed by atoms with Crippen LogP contribution in [0.1, 0.15) is 11.4 Å². The summed E-state index contributed by atoms with van der Waals surface area (Å²) >= 11 is 0. The van der Waals surface area contributed by atoms with E-state index in [0.29, 0.717) is 5.82 Å². The van der Waals surface area contributed by atoms with Crippen molar-refractivity contribution in [1.29, 1.82) is 0 Å². The maximum absolute atomic E-state index is 5.52. The van der Waals surface area contributed by atoms with Gasteiger partial charge in [0.1, 0.15) is 5.82 Å². The number of fused-ring (bicyclic) bond motifs is 1. The lowest BCUT2D eigenvalue weighted by molar-refractivity contribution is 1.17. The maximum Gasteiger partial charge on any atom is 0.142 e. The van der Waals surface area contributed by atoms with Gasteiger partial charge in [-0.1, -0.05) is 24.3 Å². The fraction of sp³-hybridized carbons (Fsp3) is 0. The number of anilines is 1. The summed E-state index contributed by atoms with van der Waals surface area (Å²) in [7, 11) is 0. The van der Waals surface area contributed by atoms with Gasteiger partial charge in [0.25, 0.3) is 0 Å². The second kappa shape index (κ2) is 3.23. The summed E-state index contributed by atoms with van der Waals surface area (Å²) in [6.07, 6.45) is 13.1. The fourth-order valence-electron chi connectivity index (χ4n) is 1.10. The van der Waals surface area contributed by atoms with Gasteiger partial charge in [0.2, 0.25) is 0 Å². The SMILES string of the molecule is Nc1cnc2c(n1)/C=C\C=C/C=C2. The van der Waals surface area contributed by atoms with E-state index in [9.17, 15) is 0 Å². The predicted octanol–water partition coefficient (Wildman–Crippen LogP) is 1.66. The molecule has 0 radical (unpaired) electrons. The van der Waals surface area contributed by atoms with Crippen LogP contribution in [0.2, 0.25) is 0 Å². The Morgan fingerprint density at radius 2 is 1.62 bits per heavy atom. The number of aromatic nitrogens is 2. The summed E-state index contributed by atoms with van der Waals surface area (Å²) in [5.41, 5.74) is 7.17. The molecule has 1 heterocycles. The molecule has 0 unspecified atom stereocenters. The highest BCUT2D eigenvalue weighted by atomic mass is 14.9. The van der Waals surface area contributed by atoms with Gasteiger partial charge in [-0.3, -0.25) is 4.98 Å². The highest BCUT2D eigenvalue weighted by Gasteiger charge is 1.99. The minimum absolute atomic E-state index is 0.446. The Kier molecular flexibility index (Phi) is 1.92. The van der Waals surface area contributed by atoms with E-state index in [-0.39, 0.29) is 0 Å². The van der Waals surface area contributed by atoms with E-state index in [1.54, 1.807) is 6.20 Å². The highest BCUT2D eigenvalue weighted by Crippen LogP contribution is 2.11. The molecule has 0 aromatic carbocycles. The first kappa shape index (κ1) is 7.73. The molecule has 1 aromatic rings. The molecule has 0 saturated heterocycles. The molecule has 3 heteroatoms. The van der Waals surface area contributed by atoms with Crippen LogP contribution in [0.25, 0.3) is 12.2 Å². The van der Waals surface area contributed by atoms with E-state index in [1.165, 1.54) is 0 Å². The van der Waals surface area contributed by atoms with E-state index < -0.39 is 0 Å². The minimum atomic E-state index is 0.446. The van der Waals surface area contributed by atoms with Gasteiger partial charge in [0, 0.05) is 0 Å². The first-order valence-electron chi connectivity index (χ1n) is 4.00. The third kappa shape index (κ3) is 1.64. The van der Waals surface area contributed by atoms with Gasteiger partial charge in [-0.2, -0.15) is 0 Å². The van der Waals surface area contributed by atoms with Gasteiger partial charge in [-0.05, 0) is 12.2 Å². The third-order valence-electron chi connectivity index (χ3n) is 1.69. The third-order valence-corrected chi connectivity index (χ3v) is 1.69. The van der Waals surface area contributed by atoms with Crippen molar-refractivity contribution in [3.8, 4) is 0 Å². The van der Waals surface area contributed by atoms with Crippen LogP contribution in [0.5, 0.6) is 0 Å². The van der Waals surface area contributed by atoms with E-state index in [1.807, 2.05) is 36.5 Å². The molecule has 0 spiro atoms. The van der Waals surface area contributed by atoms with E-state index in [0.717, 1.165) is 11.4 Å². The average Bonchev–Trinajstić information content (AvgIpc) is 2.08. The molecule has 0 atom stereocenters. The van der Waals surface area contributed by atoms with E-state index in [4.69, 9.17) is 5.73 Å². The van der Waals surface area contributed by atoms with Crippen LogP contribution in [-0.4, -0.2) is 9.97 Å². The number of allylic oxidation sites excluding steroid dienone is 4. The quantitative estimate of drug-likeness (QED) is 0.645. The molecule has 2 N–H and O–H groups in total. The summed E-state index contributed by atoms with van der Waals surface area (Å²) in [4.78, 5) is 8.32. The van der Waals surface area contributed by atoms with Gasteiger partial charge in [-0.25, -0.2) is 4.98 Å². The number of hydrogen-bond acceptors (Lipinski definition) is 3. The average molecular weight is 171 g/mol. The van der Waals surface area contributed by atoms with Crippen molar-refractivity contribution in [1.82, 2.24) is 9.97 Å². The lowest BCUT2D eigenvalue weighted by Gasteiger charge is -2.00. The number of nitrogen functional groups attached to an aromatic ring is 1. The van der Waals surface area contributed by atoms with E-state index >= 15 is 0 Å². The van der Waals surface area contributed by atoms with Crippen molar-refractivity contribution < 1.29 is 0 Å². The Morgan fingerprint density at radius 1 is 0.923 bits per heavy atom. The Hall–Kier alpha value is -1.90. The number of hydrogen-bond donors (Lipinski definition) is 1. The molecule has 3 nitrogen and oxygen atoms in total. The largest absolute Gasteiger partial charge is 0.382 e. The molecular formula is C10H9N3. The maximum atomic E-state index is 5.52. The Bertz CT molecular complexity index is 403. The molecule has 0 saturated carbocycles. The van der Waals surface area contributed by atoms with Crippen molar-refractivity contribution in [3.05, 3.63) is 41.9 Å². The van der Waals surface area contributed by atoms with Crippen LogP contribution < -0.4 is 5.73 Å². The molecule has 0 fully saturated rings. The zero-order valence-electron chi connectivity index (χ0n) is 7.01. The van der Waals surface area contributed by atoms with Crippen molar-refractivity contribution in [3.63, 3.8) is 0 Å². The van der Waals surface area contributed by atoms with Crippen LogP contribution in [-0.2, 0) is 0 Å². The number of rotatable bonds is 0. The van der Waals surface area contributed by atoms with Crippen LogP contribution in [0, 0.1) is 0 Å². The summed E-state index contributed by atoms with van der Waals surface area (Å²) in [6.45, 7) is 0. The molecule has 0 amide bonds. The van der Waals surface area contributed by atoms with Crippen molar-refractivity contribution >= 4 is 18.0 Å². The van der Waals surface area contributed by atoms with Crippen molar-refractivity contribution in [2.45, 2.75) is 0 Å². The van der Waals surface area contributed by atoms with Crippen molar-refractivity contribution in [2.75, 3.05) is 5.73 Å². The van der Waals surface area contributed by atoms with Crippen LogP contribution in [0.15, 0.2) is 30.5 Å². The summed E-state index contributed by atoms with van der Waals surface area (Å²) < 4.78 is 0. The Labute approximate surface area is 76.3 Å². The zero-order chi connectivity index (χ0) is 9.10. The molecule has 1 aliphatic carbocycles. The van der Waals surface area contributed by atoms with Crippen LogP contribution in [0.3, 0.4) is 0 Å². The molecule has 0 bridgehead atoms.